The number of rotatable bonds is 3. The van der Waals surface area contributed by atoms with Crippen LogP contribution < -0.4 is 4.74 Å². The maximum Gasteiger partial charge on any atom is 0.191 e. The predicted octanol–water partition coefficient (Wildman–Crippen LogP) is 2.61. The highest BCUT2D eigenvalue weighted by molar-refractivity contribution is 6.00. The molecule has 0 amide bonds. The summed E-state index contributed by atoms with van der Waals surface area (Å²) in [6, 6.07) is 5.51. The van der Waals surface area contributed by atoms with Crippen molar-refractivity contribution in [3.8, 4) is 5.75 Å². The molecule has 2 unspecified atom stereocenters. The number of hydrogen-bond acceptors (Lipinski definition) is 3. The van der Waals surface area contributed by atoms with Crippen LogP contribution in [0.1, 0.15) is 29.3 Å². The average molecular weight is 234 g/mol. The molecule has 3 heteroatoms. The van der Waals surface area contributed by atoms with Crippen molar-refractivity contribution in [1.82, 2.24) is 0 Å². The monoisotopic (exact) mass is 234 g/mol. The van der Waals surface area contributed by atoms with Crippen LogP contribution in [0.15, 0.2) is 18.2 Å². The summed E-state index contributed by atoms with van der Waals surface area (Å²) < 4.78 is 10.7. The third-order valence-corrected chi connectivity index (χ3v) is 3.33. The quantitative estimate of drug-likeness (QED) is 0.754. The highest BCUT2D eigenvalue weighted by Crippen LogP contribution is 2.25. The zero-order valence-electron chi connectivity index (χ0n) is 10.5. The van der Waals surface area contributed by atoms with Crippen LogP contribution in [-0.2, 0) is 4.74 Å². The zero-order chi connectivity index (χ0) is 12.4. The highest BCUT2D eigenvalue weighted by Gasteiger charge is 2.31. The zero-order valence-corrected chi connectivity index (χ0v) is 10.5. The lowest BCUT2D eigenvalue weighted by Gasteiger charge is -2.14. The third kappa shape index (κ3) is 2.34. The summed E-state index contributed by atoms with van der Waals surface area (Å²) in [6.45, 7) is 4.69. The average Bonchev–Trinajstić information content (AvgIpc) is 2.74. The Bertz CT molecular complexity index is 425. The van der Waals surface area contributed by atoms with Crippen molar-refractivity contribution < 1.29 is 14.3 Å². The maximum atomic E-state index is 12.2. The fourth-order valence-corrected chi connectivity index (χ4v) is 2.23. The Balaban J connectivity index is 2.22. The Hall–Kier alpha value is -1.35. The summed E-state index contributed by atoms with van der Waals surface area (Å²) in [5.74, 6) is 1.20. The molecule has 0 aromatic heterocycles. The van der Waals surface area contributed by atoms with Gasteiger partial charge >= 0.3 is 0 Å². The topological polar surface area (TPSA) is 35.5 Å². The van der Waals surface area contributed by atoms with Crippen molar-refractivity contribution in [2.24, 2.45) is 5.92 Å². The molecule has 1 saturated heterocycles. The molecule has 0 aliphatic carbocycles. The number of hydrogen-bond donors (Lipinski definition) is 0. The molecular weight excluding hydrogens is 216 g/mol. The van der Waals surface area contributed by atoms with Crippen molar-refractivity contribution in [2.75, 3.05) is 13.7 Å². The summed E-state index contributed by atoms with van der Waals surface area (Å²) in [5, 5.41) is 0. The molecule has 1 fully saturated rings. The molecule has 3 nitrogen and oxygen atoms in total. The van der Waals surface area contributed by atoms with Gasteiger partial charge in [-0.3, -0.25) is 4.79 Å². The molecule has 1 aromatic carbocycles. The van der Waals surface area contributed by atoms with Crippen molar-refractivity contribution in [2.45, 2.75) is 26.4 Å². The Morgan fingerprint density at radius 3 is 2.76 bits per heavy atom. The molecule has 1 aliphatic rings. The van der Waals surface area contributed by atoms with Gasteiger partial charge in [-0.25, -0.2) is 0 Å². The molecule has 17 heavy (non-hydrogen) atoms. The van der Waals surface area contributed by atoms with Crippen LogP contribution in [0.4, 0.5) is 0 Å². The van der Waals surface area contributed by atoms with E-state index in [9.17, 15) is 4.79 Å². The molecule has 0 bridgehead atoms. The third-order valence-electron chi connectivity index (χ3n) is 3.33. The van der Waals surface area contributed by atoms with Gasteiger partial charge in [-0.2, -0.15) is 0 Å². The van der Waals surface area contributed by atoms with Gasteiger partial charge in [0.2, 0.25) is 0 Å². The number of ketones is 1. The van der Waals surface area contributed by atoms with Gasteiger partial charge in [-0.1, -0.05) is 6.92 Å². The second kappa shape index (κ2) is 4.88. The number of carbonyl (C=O) groups is 1. The second-order valence-electron chi connectivity index (χ2n) is 4.61. The fraction of sp³-hybridized carbons (Fsp3) is 0.500. The molecule has 0 N–H and O–H groups in total. The normalized spacial score (nSPS) is 23.7. The first-order chi connectivity index (χ1) is 8.13. The lowest BCUT2D eigenvalue weighted by Crippen LogP contribution is -2.25. The van der Waals surface area contributed by atoms with Gasteiger partial charge in [-0.05, 0) is 43.0 Å². The van der Waals surface area contributed by atoms with E-state index in [0.717, 1.165) is 17.7 Å². The number of methoxy groups -OCH3 is 1. The number of Topliss-reactive ketones (excluding diaryl/α,β-unsaturated/α-hetero) is 1. The van der Waals surface area contributed by atoms with Gasteiger partial charge < -0.3 is 9.47 Å². The van der Waals surface area contributed by atoms with E-state index in [4.69, 9.17) is 9.47 Å². The van der Waals surface area contributed by atoms with Gasteiger partial charge in [0.25, 0.3) is 0 Å². The van der Waals surface area contributed by atoms with E-state index in [-0.39, 0.29) is 11.9 Å². The molecule has 0 radical (unpaired) electrons. The van der Waals surface area contributed by atoms with Crippen LogP contribution in [-0.4, -0.2) is 25.6 Å². The Labute approximate surface area is 102 Å². The minimum Gasteiger partial charge on any atom is -0.496 e. The molecule has 2 atom stereocenters. The summed E-state index contributed by atoms with van der Waals surface area (Å²) in [6.07, 6.45) is 0.689. The van der Waals surface area contributed by atoms with Crippen LogP contribution in [0, 0.1) is 12.8 Å². The summed E-state index contributed by atoms with van der Waals surface area (Å²) >= 11 is 0. The van der Waals surface area contributed by atoms with E-state index in [2.05, 4.69) is 6.92 Å². The van der Waals surface area contributed by atoms with Crippen molar-refractivity contribution >= 4 is 5.78 Å². The van der Waals surface area contributed by atoms with Gasteiger partial charge in [0.1, 0.15) is 11.9 Å². The Morgan fingerprint density at radius 1 is 1.47 bits per heavy atom. The van der Waals surface area contributed by atoms with E-state index >= 15 is 0 Å². The number of benzene rings is 1. The minimum atomic E-state index is -0.275. The van der Waals surface area contributed by atoms with Gasteiger partial charge in [-0.15, -0.1) is 0 Å². The van der Waals surface area contributed by atoms with E-state index in [1.165, 1.54) is 0 Å². The van der Waals surface area contributed by atoms with Crippen molar-refractivity contribution in [1.29, 1.82) is 0 Å². The maximum absolute atomic E-state index is 12.2. The summed E-state index contributed by atoms with van der Waals surface area (Å²) in [5.41, 5.74) is 1.69. The highest BCUT2D eigenvalue weighted by atomic mass is 16.5. The number of carbonyl (C=O) groups excluding carboxylic acids is 1. The second-order valence-corrected chi connectivity index (χ2v) is 4.61. The van der Waals surface area contributed by atoms with Crippen LogP contribution in [0.3, 0.4) is 0 Å². The number of ether oxygens (including phenoxy) is 2. The molecule has 1 heterocycles. The minimum absolute atomic E-state index is 0.0840. The summed E-state index contributed by atoms with van der Waals surface area (Å²) in [7, 11) is 1.63. The molecule has 92 valence electrons. The lowest BCUT2D eigenvalue weighted by molar-refractivity contribution is 0.0579. The first-order valence-corrected chi connectivity index (χ1v) is 5.94. The molecule has 0 spiro atoms. The standard InChI is InChI=1S/C14H18O3/c1-9-6-7-17-14(9)13(15)11-4-5-12(16-3)10(2)8-11/h4-5,8-9,14H,6-7H2,1-3H3. The predicted molar refractivity (Wildman–Crippen MR) is 65.6 cm³/mol. The largest absolute Gasteiger partial charge is 0.496 e. The van der Waals surface area contributed by atoms with E-state index < -0.39 is 0 Å². The van der Waals surface area contributed by atoms with Crippen molar-refractivity contribution in [3.63, 3.8) is 0 Å². The first-order valence-electron chi connectivity index (χ1n) is 5.94. The molecule has 1 aliphatic heterocycles. The SMILES string of the molecule is COc1ccc(C(=O)C2OCCC2C)cc1C. The molecule has 1 aromatic rings. The van der Waals surface area contributed by atoms with Crippen LogP contribution in [0.5, 0.6) is 5.75 Å². The first kappa shape index (κ1) is 12.1. The number of aryl methyl sites for hydroxylation is 1. The Kier molecular flexibility index (Phi) is 3.48. The van der Waals surface area contributed by atoms with Crippen LogP contribution >= 0.6 is 0 Å². The van der Waals surface area contributed by atoms with E-state index in [0.29, 0.717) is 18.1 Å². The van der Waals surface area contributed by atoms with Gasteiger partial charge in [0.15, 0.2) is 5.78 Å². The van der Waals surface area contributed by atoms with Crippen molar-refractivity contribution in [3.05, 3.63) is 29.3 Å². The van der Waals surface area contributed by atoms with E-state index in [1.807, 2.05) is 25.1 Å². The summed E-state index contributed by atoms with van der Waals surface area (Å²) in [4.78, 5) is 12.2. The van der Waals surface area contributed by atoms with E-state index in [1.54, 1.807) is 7.11 Å². The smallest absolute Gasteiger partial charge is 0.191 e. The van der Waals surface area contributed by atoms with Gasteiger partial charge in [0, 0.05) is 12.2 Å². The Morgan fingerprint density at radius 2 is 2.24 bits per heavy atom. The van der Waals surface area contributed by atoms with Crippen LogP contribution in [0.2, 0.25) is 0 Å². The molecular formula is C14H18O3. The molecule has 0 saturated carbocycles. The lowest BCUT2D eigenvalue weighted by atomic mass is 9.95. The molecule has 2 rings (SSSR count). The van der Waals surface area contributed by atoms with Crippen LogP contribution in [0.25, 0.3) is 0 Å². The van der Waals surface area contributed by atoms with Gasteiger partial charge in [0.05, 0.1) is 7.11 Å². The fourth-order valence-electron chi connectivity index (χ4n) is 2.23.